The van der Waals surface area contributed by atoms with Gasteiger partial charge in [-0.25, -0.2) is 14.6 Å². The largest absolute Gasteiger partial charge is 0.490 e. The number of anilines is 1. The molecule has 0 spiro atoms. The van der Waals surface area contributed by atoms with Gasteiger partial charge in [0.15, 0.2) is 22.9 Å². The SMILES string of the molecule is CCOC(=O)C1=C(C)N=c2s/c(=C\c3ccc(N(C)C)c(Br)c3)c(=O)n2[C@H]1c1ccc(OCC(=O)OC)c(OCC)c1. The number of thiazole rings is 1. The number of nitrogens with zero attached hydrogens (tertiary/aromatic N) is 3. The van der Waals surface area contributed by atoms with Crippen LogP contribution in [-0.4, -0.2) is 57.5 Å². The number of benzene rings is 2. The highest BCUT2D eigenvalue weighted by Gasteiger charge is 2.34. The first-order chi connectivity index (χ1) is 20.1. The predicted octanol–water partition coefficient (Wildman–Crippen LogP) is 3.58. The van der Waals surface area contributed by atoms with Crippen LogP contribution in [0.15, 0.2) is 61.9 Å². The zero-order valence-corrected chi connectivity index (χ0v) is 26.6. The van der Waals surface area contributed by atoms with Crippen molar-refractivity contribution in [3.8, 4) is 11.5 Å². The van der Waals surface area contributed by atoms with E-state index in [-0.39, 0.29) is 24.3 Å². The number of methoxy groups -OCH3 is 1. The van der Waals surface area contributed by atoms with Gasteiger partial charge in [-0.1, -0.05) is 23.5 Å². The van der Waals surface area contributed by atoms with Gasteiger partial charge < -0.3 is 23.8 Å². The highest BCUT2D eigenvalue weighted by atomic mass is 79.9. The van der Waals surface area contributed by atoms with E-state index in [1.807, 2.05) is 50.2 Å². The number of hydrogen-bond donors (Lipinski definition) is 0. The second kappa shape index (κ2) is 13.4. The Bertz CT molecular complexity index is 1730. The average Bonchev–Trinajstić information content (AvgIpc) is 3.25. The average molecular weight is 659 g/mol. The molecule has 0 radical (unpaired) electrons. The lowest BCUT2D eigenvalue weighted by Crippen LogP contribution is -2.40. The van der Waals surface area contributed by atoms with Gasteiger partial charge in [0.1, 0.15) is 0 Å². The summed E-state index contributed by atoms with van der Waals surface area (Å²) < 4.78 is 24.4. The molecule has 0 amide bonds. The lowest BCUT2D eigenvalue weighted by Gasteiger charge is -2.25. The molecule has 0 saturated heterocycles. The van der Waals surface area contributed by atoms with E-state index in [1.165, 1.54) is 23.0 Å². The number of ether oxygens (including phenoxy) is 4. The fraction of sp³-hybridized carbons (Fsp3) is 0.333. The molecule has 0 fully saturated rings. The Kier molecular flexibility index (Phi) is 9.89. The van der Waals surface area contributed by atoms with Crippen molar-refractivity contribution in [1.82, 2.24) is 4.57 Å². The maximum atomic E-state index is 14.0. The summed E-state index contributed by atoms with van der Waals surface area (Å²) in [6, 6.07) is 10.1. The molecule has 1 aromatic heterocycles. The summed E-state index contributed by atoms with van der Waals surface area (Å²) in [7, 11) is 5.18. The normalized spacial score (nSPS) is 14.6. The summed E-state index contributed by atoms with van der Waals surface area (Å²) >= 11 is 4.85. The molecule has 0 unspecified atom stereocenters. The van der Waals surface area contributed by atoms with E-state index in [2.05, 4.69) is 25.7 Å². The maximum Gasteiger partial charge on any atom is 0.343 e. The molecular weight excluding hydrogens is 626 g/mol. The second-order valence-corrected chi connectivity index (χ2v) is 11.3. The van der Waals surface area contributed by atoms with E-state index >= 15 is 0 Å². The van der Waals surface area contributed by atoms with E-state index in [0.717, 1.165) is 15.7 Å². The van der Waals surface area contributed by atoms with Crippen LogP contribution in [0.5, 0.6) is 11.5 Å². The number of aromatic nitrogens is 1. The molecule has 0 saturated carbocycles. The third kappa shape index (κ3) is 6.44. The third-order valence-corrected chi connectivity index (χ3v) is 8.04. The monoisotopic (exact) mass is 657 g/mol. The second-order valence-electron chi connectivity index (χ2n) is 9.41. The quantitative estimate of drug-likeness (QED) is 0.305. The van der Waals surface area contributed by atoms with Gasteiger partial charge in [0.25, 0.3) is 5.56 Å². The first-order valence-corrected chi connectivity index (χ1v) is 14.8. The van der Waals surface area contributed by atoms with Crippen LogP contribution in [0.3, 0.4) is 0 Å². The molecule has 0 N–H and O–H groups in total. The zero-order valence-electron chi connectivity index (χ0n) is 24.2. The van der Waals surface area contributed by atoms with Gasteiger partial charge in [0.2, 0.25) is 0 Å². The third-order valence-electron chi connectivity index (χ3n) is 6.42. The van der Waals surface area contributed by atoms with E-state index in [1.54, 1.807) is 32.0 Å². The molecule has 0 bridgehead atoms. The summed E-state index contributed by atoms with van der Waals surface area (Å²) in [6.07, 6.45) is 1.81. The fourth-order valence-corrected chi connectivity index (χ4v) is 6.31. The number of carbonyl (C=O) groups is 2. The van der Waals surface area contributed by atoms with Gasteiger partial charge in [-0.15, -0.1) is 0 Å². The van der Waals surface area contributed by atoms with Crippen molar-refractivity contribution in [3.05, 3.63) is 83.0 Å². The lowest BCUT2D eigenvalue weighted by atomic mass is 9.95. The summed E-state index contributed by atoms with van der Waals surface area (Å²) in [6.45, 7) is 5.45. The van der Waals surface area contributed by atoms with Crippen LogP contribution in [-0.2, 0) is 19.1 Å². The summed E-state index contributed by atoms with van der Waals surface area (Å²) in [5.41, 5.74) is 2.84. The van der Waals surface area contributed by atoms with Crippen LogP contribution in [0.25, 0.3) is 6.08 Å². The van der Waals surface area contributed by atoms with E-state index in [4.69, 9.17) is 14.2 Å². The van der Waals surface area contributed by atoms with E-state index < -0.39 is 18.0 Å². The molecule has 42 heavy (non-hydrogen) atoms. The molecule has 4 rings (SSSR count). The highest BCUT2D eigenvalue weighted by molar-refractivity contribution is 9.10. The Morgan fingerprint density at radius 1 is 1.10 bits per heavy atom. The topological polar surface area (TPSA) is 109 Å². The molecule has 1 atom stereocenters. The van der Waals surface area contributed by atoms with E-state index in [0.29, 0.717) is 38.7 Å². The minimum Gasteiger partial charge on any atom is -0.490 e. The summed E-state index contributed by atoms with van der Waals surface area (Å²) in [5.74, 6) is -0.432. The molecule has 2 heterocycles. The van der Waals surface area contributed by atoms with Crippen molar-refractivity contribution in [2.75, 3.05) is 45.9 Å². The van der Waals surface area contributed by atoms with Crippen LogP contribution < -0.4 is 29.3 Å². The van der Waals surface area contributed by atoms with Crippen molar-refractivity contribution in [1.29, 1.82) is 0 Å². The first kappa shape index (κ1) is 31.0. The van der Waals surface area contributed by atoms with Crippen LogP contribution >= 0.6 is 27.3 Å². The van der Waals surface area contributed by atoms with Crippen molar-refractivity contribution in [2.24, 2.45) is 4.99 Å². The Morgan fingerprint density at radius 2 is 1.86 bits per heavy atom. The smallest absolute Gasteiger partial charge is 0.343 e. The minimum absolute atomic E-state index is 0.162. The number of hydrogen-bond acceptors (Lipinski definition) is 10. The molecule has 1 aliphatic rings. The van der Waals surface area contributed by atoms with Crippen molar-refractivity contribution in [2.45, 2.75) is 26.8 Å². The number of rotatable bonds is 10. The Morgan fingerprint density at radius 3 is 2.50 bits per heavy atom. The number of fused-ring (bicyclic) bond motifs is 1. The standard InChI is InChI=1S/C30H32BrN3O7S/c1-7-39-23-15-19(10-12-22(23)41-16-25(35)38-6)27-26(29(37)40-8-2)17(3)32-30-34(27)28(36)24(42-30)14-18-9-11-21(33(4)5)20(31)13-18/h9-15,27H,7-8,16H2,1-6H3/b24-14-/t27-/m0/s1. The molecule has 10 nitrogen and oxygen atoms in total. The Hall–Kier alpha value is -3.90. The molecule has 12 heteroatoms. The van der Waals surface area contributed by atoms with Crippen molar-refractivity contribution < 1.29 is 28.5 Å². The van der Waals surface area contributed by atoms with Gasteiger partial charge >= 0.3 is 11.9 Å². The number of halogens is 1. The summed E-state index contributed by atoms with van der Waals surface area (Å²) in [5, 5.41) is 0. The molecule has 2 aromatic carbocycles. The fourth-order valence-electron chi connectivity index (χ4n) is 4.51. The number of allylic oxidation sites excluding steroid dienone is 1. The lowest BCUT2D eigenvalue weighted by molar-refractivity contribution is -0.143. The van der Waals surface area contributed by atoms with Crippen molar-refractivity contribution >= 4 is 51.0 Å². The zero-order chi connectivity index (χ0) is 30.6. The number of esters is 2. The molecule has 222 valence electrons. The van der Waals surface area contributed by atoms with Crippen LogP contribution in [0, 0.1) is 0 Å². The van der Waals surface area contributed by atoms with Gasteiger partial charge in [-0.05, 0) is 78.2 Å². The molecule has 3 aromatic rings. The molecule has 1 aliphatic heterocycles. The van der Waals surface area contributed by atoms with Crippen LogP contribution in [0.1, 0.15) is 37.9 Å². The minimum atomic E-state index is -0.834. The summed E-state index contributed by atoms with van der Waals surface area (Å²) in [4.78, 5) is 45.9. The van der Waals surface area contributed by atoms with Crippen LogP contribution in [0.4, 0.5) is 5.69 Å². The molecular formula is C30H32BrN3O7S. The highest BCUT2D eigenvalue weighted by Crippen LogP contribution is 2.36. The van der Waals surface area contributed by atoms with E-state index in [9.17, 15) is 14.4 Å². The first-order valence-electron chi connectivity index (χ1n) is 13.2. The van der Waals surface area contributed by atoms with Crippen molar-refractivity contribution in [3.63, 3.8) is 0 Å². The van der Waals surface area contributed by atoms with Gasteiger partial charge in [-0.3, -0.25) is 9.36 Å². The van der Waals surface area contributed by atoms with Crippen LogP contribution in [0.2, 0.25) is 0 Å². The molecule has 0 aliphatic carbocycles. The number of carbonyl (C=O) groups excluding carboxylic acids is 2. The van der Waals surface area contributed by atoms with Gasteiger partial charge in [0, 0.05) is 18.6 Å². The predicted molar refractivity (Wildman–Crippen MR) is 164 cm³/mol. The van der Waals surface area contributed by atoms with Gasteiger partial charge in [0.05, 0.1) is 47.9 Å². The Labute approximate surface area is 255 Å². The Balaban J connectivity index is 1.89. The maximum absolute atomic E-state index is 14.0. The van der Waals surface area contributed by atoms with Gasteiger partial charge in [-0.2, -0.15) is 0 Å².